The minimum Gasteiger partial charge on any atom is -0.494 e. The molecule has 5 heterocycles. The summed E-state index contributed by atoms with van der Waals surface area (Å²) >= 11 is 13.6. The van der Waals surface area contributed by atoms with E-state index in [1.807, 2.05) is 80.7 Å². The first-order chi connectivity index (χ1) is 27.1. The van der Waals surface area contributed by atoms with E-state index in [1.165, 1.54) is 0 Å². The van der Waals surface area contributed by atoms with Gasteiger partial charge in [-0.3, -0.25) is 9.48 Å². The number of halogens is 2. The highest BCUT2D eigenvalue weighted by Crippen LogP contribution is 2.46. The third kappa shape index (κ3) is 6.63. The second-order valence-electron chi connectivity index (χ2n) is 15.8. The highest BCUT2D eigenvalue weighted by atomic mass is 35.5. The van der Waals surface area contributed by atoms with Crippen LogP contribution in [0.4, 0.5) is 5.69 Å². The van der Waals surface area contributed by atoms with Crippen molar-refractivity contribution >= 4 is 62.6 Å². The van der Waals surface area contributed by atoms with Crippen molar-refractivity contribution in [2.24, 2.45) is 14.1 Å². The van der Waals surface area contributed by atoms with Gasteiger partial charge < -0.3 is 33.5 Å². The maximum Gasteiger partial charge on any atom is 0.352 e. The van der Waals surface area contributed by atoms with E-state index in [2.05, 4.69) is 23.4 Å². The van der Waals surface area contributed by atoms with Gasteiger partial charge in [0.25, 0.3) is 5.91 Å². The number of hydrogen-bond acceptors (Lipinski definition) is 6. The summed E-state index contributed by atoms with van der Waals surface area (Å²) in [5.74, 6) is 0.137. The zero-order valence-corrected chi connectivity index (χ0v) is 35.2. The molecule has 0 bridgehead atoms. The molecule has 3 aromatic heterocycles. The molecule has 8 rings (SSSR count). The SMILES string of the molecule is Cc1cc(OCCCc2c3n(c4c(-c5c(C)nn(C)c5C)c(Cl)ccc24)C(C)CN(c2cc(OC4CCN(C)C4)cc4cc(C(=O)O)n(C)c24)C3=O)cc(C)c1Cl. The van der Waals surface area contributed by atoms with Crippen LogP contribution >= 0.6 is 23.2 Å². The van der Waals surface area contributed by atoms with Gasteiger partial charge >= 0.3 is 5.97 Å². The summed E-state index contributed by atoms with van der Waals surface area (Å²) in [5, 5.41) is 17.9. The van der Waals surface area contributed by atoms with E-state index in [1.54, 1.807) is 17.7 Å². The van der Waals surface area contributed by atoms with Crippen molar-refractivity contribution in [1.82, 2.24) is 23.8 Å². The molecule has 2 unspecified atom stereocenters. The fourth-order valence-corrected chi connectivity index (χ4v) is 9.41. The molecule has 1 N–H and O–H groups in total. The number of ether oxygens (including phenoxy) is 2. The lowest BCUT2D eigenvalue weighted by Gasteiger charge is -2.35. The Balaban J connectivity index is 1.28. The molecule has 1 saturated heterocycles. The molecule has 298 valence electrons. The number of carboxylic acid groups (broad SMARTS) is 1. The van der Waals surface area contributed by atoms with Crippen LogP contribution in [0.5, 0.6) is 11.5 Å². The minimum absolute atomic E-state index is 0.0152. The Kier molecular flexibility index (Phi) is 10.1. The topological polar surface area (TPSA) is 107 Å². The highest BCUT2D eigenvalue weighted by Gasteiger charge is 2.38. The van der Waals surface area contributed by atoms with Crippen molar-refractivity contribution in [3.8, 4) is 22.6 Å². The molecule has 6 aromatic rings. The molecule has 57 heavy (non-hydrogen) atoms. The summed E-state index contributed by atoms with van der Waals surface area (Å²) in [7, 11) is 5.73. The van der Waals surface area contributed by atoms with Crippen LogP contribution in [0.3, 0.4) is 0 Å². The predicted octanol–water partition coefficient (Wildman–Crippen LogP) is 9.09. The van der Waals surface area contributed by atoms with Crippen molar-refractivity contribution in [2.75, 3.05) is 38.2 Å². The first kappa shape index (κ1) is 38.9. The van der Waals surface area contributed by atoms with Crippen LogP contribution in [-0.2, 0) is 20.5 Å². The number of carboxylic acids is 1. The van der Waals surface area contributed by atoms with Crippen molar-refractivity contribution in [3.63, 3.8) is 0 Å². The fourth-order valence-electron chi connectivity index (χ4n) is 9.05. The Hall–Kier alpha value is -4.97. The average Bonchev–Trinajstić information content (AvgIpc) is 3.89. The Bertz CT molecular complexity index is 2600. The molecule has 0 aliphatic carbocycles. The van der Waals surface area contributed by atoms with E-state index in [9.17, 15) is 9.90 Å². The second kappa shape index (κ2) is 14.8. The number of aryl methyl sites for hydroxylation is 6. The molecule has 0 saturated carbocycles. The summed E-state index contributed by atoms with van der Waals surface area (Å²) < 4.78 is 18.5. The lowest BCUT2D eigenvalue weighted by atomic mass is 9.98. The van der Waals surface area contributed by atoms with Gasteiger partial charge in [-0.1, -0.05) is 29.3 Å². The Morgan fingerprint density at radius 3 is 2.33 bits per heavy atom. The number of aromatic carboxylic acids is 1. The summed E-state index contributed by atoms with van der Waals surface area (Å²) in [6.45, 7) is 12.6. The van der Waals surface area contributed by atoms with Crippen LogP contribution in [0.2, 0.25) is 10.0 Å². The Morgan fingerprint density at radius 1 is 0.947 bits per heavy atom. The Labute approximate surface area is 342 Å². The van der Waals surface area contributed by atoms with E-state index in [-0.39, 0.29) is 23.7 Å². The number of amides is 1. The summed E-state index contributed by atoms with van der Waals surface area (Å²) in [6.07, 6.45) is 2.06. The molecular formula is C44H48Cl2N6O5. The molecule has 1 fully saturated rings. The van der Waals surface area contributed by atoms with Gasteiger partial charge in [0.2, 0.25) is 0 Å². The van der Waals surface area contributed by atoms with Gasteiger partial charge in [-0.15, -0.1) is 0 Å². The number of carbonyl (C=O) groups excluding carboxylic acids is 1. The zero-order valence-electron chi connectivity index (χ0n) is 33.7. The molecule has 1 amide bonds. The minimum atomic E-state index is -1.04. The van der Waals surface area contributed by atoms with Crippen LogP contribution in [0.25, 0.3) is 32.9 Å². The molecule has 2 atom stereocenters. The first-order valence-electron chi connectivity index (χ1n) is 19.4. The number of fused-ring (bicyclic) bond motifs is 4. The summed E-state index contributed by atoms with van der Waals surface area (Å²) in [5.41, 5.74) is 9.32. The van der Waals surface area contributed by atoms with Crippen molar-refractivity contribution in [3.05, 3.63) is 92.0 Å². The van der Waals surface area contributed by atoms with Gasteiger partial charge in [0.05, 0.1) is 34.0 Å². The molecule has 0 spiro atoms. The number of rotatable bonds is 10. The van der Waals surface area contributed by atoms with Gasteiger partial charge in [0, 0.05) is 78.5 Å². The average molecular weight is 812 g/mol. The number of nitrogens with zero attached hydrogens (tertiary/aromatic N) is 6. The molecular weight excluding hydrogens is 763 g/mol. The van der Waals surface area contributed by atoms with Gasteiger partial charge in [-0.2, -0.15) is 5.10 Å². The lowest BCUT2D eigenvalue weighted by Crippen LogP contribution is -2.43. The fraction of sp³-hybridized carbons (Fsp3) is 0.386. The third-order valence-corrected chi connectivity index (χ3v) is 12.7. The zero-order chi connectivity index (χ0) is 40.6. The number of carbonyl (C=O) groups is 2. The third-order valence-electron chi connectivity index (χ3n) is 11.8. The first-order valence-corrected chi connectivity index (χ1v) is 20.2. The van der Waals surface area contributed by atoms with Crippen LogP contribution in [-0.4, -0.2) is 80.2 Å². The van der Waals surface area contributed by atoms with Crippen LogP contribution in [0.15, 0.2) is 42.5 Å². The van der Waals surface area contributed by atoms with Crippen molar-refractivity contribution in [2.45, 2.75) is 66.0 Å². The van der Waals surface area contributed by atoms with E-state index >= 15 is 4.79 Å². The normalized spacial score (nSPS) is 17.3. The van der Waals surface area contributed by atoms with Gasteiger partial charge in [0.15, 0.2) is 0 Å². The van der Waals surface area contributed by atoms with E-state index in [0.717, 1.165) is 80.4 Å². The van der Waals surface area contributed by atoms with Crippen LogP contribution in [0, 0.1) is 27.7 Å². The van der Waals surface area contributed by atoms with Crippen molar-refractivity contribution in [1.29, 1.82) is 0 Å². The highest BCUT2D eigenvalue weighted by molar-refractivity contribution is 6.35. The number of likely N-dealkylation sites (tertiary alicyclic amines) is 1. The molecule has 2 aliphatic rings. The standard InChI is InChI=1S/C44H48Cl2N6O5/c1-23-16-30(17-24(2)39(23)46)56-15-9-10-32-33-11-12-34(45)38(37-26(4)47-50(8)27(37)5)41(33)52-25(3)21-51(43(53)42(32)52)35-20-31(57-29-13-14-48(6)22-29)18-28-19-36(44(54)55)49(7)40(28)35/h11-12,16-20,25,29H,9-10,13-15,21-22H2,1-8H3,(H,54,55). The number of aromatic nitrogens is 4. The van der Waals surface area contributed by atoms with Crippen LogP contribution < -0.4 is 14.4 Å². The summed E-state index contributed by atoms with van der Waals surface area (Å²) in [4.78, 5) is 31.9. The van der Waals surface area contributed by atoms with E-state index < -0.39 is 5.97 Å². The smallest absolute Gasteiger partial charge is 0.352 e. The second-order valence-corrected chi connectivity index (χ2v) is 16.6. The molecule has 11 nitrogen and oxygen atoms in total. The summed E-state index contributed by atoms with van der Waals surface area (Å²) in [6, 6.07) is 13.1. The van der Waals surface area contributed by atoms with Crippen molar-refractivity contribution < 1.29 is 24.2 Å². The number of benzene rings is 3. The van der Waals surface area contributed by atoms with Gasteiger partial charge in [0.1, 0.15) is 29.0 Å². The molecule has 3 aromatic carbocycles. The monoisotopic (exact) mass is 810 g/mol. The van der Waals surface area contributed by atoms with Gasteiger partial charge in [-0.05, 0) is 108 Å². The van der Waals surface area contributed by atoms with E-state index in [4.69, 9.17) is 37.8 Å². The maximum absolute atomic E-state index is 15.4. The maximum atomic E-state index is 15.4. The quantitative estimate of drug-likeness (QED) is 0.138. The van der Waals surface area contributed by atoms with Gasteiger partial charge in [-0.25, -0.2) is 4.79 Å². The molecule has 2 aliphatic heterocycles. The Morgan fingerprint density at radius 2 is 1.68 bits per heavy atom. The lowest BCUT2D eigenvalue weighted by molar-refractivity contribution is 0.0687. The number of hydrogen-bond donors (Lipinski definition) is 1. The van der Waals surface area contributed by atoms with E-state index in [0.29, 0.717) is 59.0 Å². The molecule has 0 radical (unpaired) electrons. The molecule has 13 heteroatoms. The largest absolute Gasteiger partial charge is 0.494 e. The predicted molar refractivity (Wildman–Crippen MR) is 226 cm³/mol. The van der Waals surface area contributed by atoms with Crippen LogP contribution in [0.1, 0.15) is 74.9 Å². The number of likely N-dealkylation sites (N-methyl/N-ethyl adjacent to an activating group) is 1. The number of anilines is 1.